The number of anilines is 1. The van der Waals surface area contributed by atoms with E-state index in [0.29, 0.717) is 16.6 Å². The van der Waals surface area contributed by atoms with Crippen LogP contribution in [0.4, 0.5) is 5.13 Å². The van der Waals surface area contributed by atoms with Crippen LogP contribution in [0.2, 0.25) is 0 Å². The molecule has 26 heavy (non-hydrogen) atoms. The molecular formula is C16H16N4O4S2. The number of unbranched alkanes of at least 4 members (excludes halogenated alkanes) is 1. The average molecular weight is 392 g/mol. The van der Waals surface area contributed by atoms with E-state index in [1.54, 1.807) is 17.0 Å². The van der Waals surface area contributed by atoms with Crippen molar-refractivity contribution in [1.82, 2.24) is 14.5 Å². The van der Waals surface area contributed by atoms with Gasteiger partial charge in [0.05, 0.1) is 23.9 Å². The van der Waals surface area contributed by atoms with Crippen molar-refractivity contribution in [2.75, 3.05) is 11.9 Å². The molecule has 0 aliphatic rings. The topological polar surface area (TPSA) is 103 Å². The van der Waals surface area contributed by atoms with Crippen LogP contribution in [0.1, 0.15) is 30.1 Å². The van der Waals surface area contributed by atoms with Crippen molar-refractivity contribution in [2.24, 2.45) is 0 Å². The number of nitrogens with one attached hydrogen (secondary N) is 1. The van der Waals surface area contributed by atoms with Crippen molar-refractivity contribution in [3.05, 3.63) is 39.2 Å². The average Bonchev–Trinajstić information content (AvgIpc) is 3.27. The van der Waals surface area contributed by atoms with E-state index in [1.165, 1.54) is 33.6 Å². The molecule has 10 heteroatoms. The minimum absolute atomic E-state index is 0.182. The Labute approximate surface area is 156 Å². The standard InChI is InChI=1S/C16H16N4O4S2/c1-2-3-5-24-15(23)10-8-26-13-12(10)14(22)20(9-18-13)7-11(21)19-16-17-4-6-25-16/h4,6,8-9H,2-3,5,7H2,1H3,(H,17,19,21). The Morgan fingerprint density at radius 1 is 1.31 bits per heavy atom. The minimum Gasteiger partial charge on any atom is -0.462 e. The molecule has 0 bridgehead atoms. The molecule has 3 aromatic heterocycles. The highest BCUT2D eigenvalue weighted by atomic mass is 32.1. The quantitative estimate of drug-likeness (QED) is 0.489. The maximum atomic E-state index is 12.7. The Kier molecular flexibility index (Phi) is 5.74. The van der Waals surface area contributed by atoms with Crippen LogP contribution in [0.5, 0.6) is 0 Å². The lowest BCUT2D eigenvalue weighted by Gasteiger charge is -2.06. The van der Waals surface area contributed by atoms with Crippen molar-refractivity contribution < 1.29 is 14.3 Å². The van der Waals surface area contributed by atoms with Crippen LogP contribution in [0.25, 0.3) is 10.2 Å². The van der Waals surface area contributed by atoms with E-state index in [4.69, 9.17) is 4.74 Å². The smallest absolute Gasteiger partial charge is 0.339 e. The van der Waals surface area contributed by atoms with E-state index in [1.807, 2.05) is 6.92 Å². The van der Waals surface area contributed by atoms with Gasteiger partial charge in [0, 0.05) is 17.0 Å². The molecule has 3 heterocycles. The summed E-state index contributed by atoms with van der Waals surface area (Å²) >= 11 is 2.47. The van der Waals surface area contributed by atoms with Gasteiger partial charge in [0.2, 0.25) is 5.91 Å². The fourth-order valence-electron chi connectivity index (χ4n) is 2.22. The first kappa shape index (κ1) is 18.2. The summed E-state index contributed by atoms with van der Waals surface area (Å²) < 4.78 is 6.35. The van der Waals surface area contributed by atoms with Crippen molar-refractivity contribution in [3.8, 4) is 0 Å². The molecule has 3 rings (SSSR count). The molecular weight excluding hydrogens is 376 g/mol. The van der Waals surface area contributed by atoms with Crippen molar-refractivity contribution in [1.29, 1.82) is 0 Å². The number of carbonyl (C=O) groups is 2. The van der Waals surface area contributed by atoms with E-state index < -0.39 is 17.4 Å². The van der Waals surface area contributed by atoms with E-state index in [-0.39, 0.29) is 17.5 Å². The number of rotatable bonds is 7. The first-order valence-corrected chi connectivity index (χ1v) is 9.69. The zero-order chi connectivity index (χ0) is 18.5. The Morgan fingerprint density at radius 2 is 2.15 bits per heavy atom. The fraction of sp³-hybridized carbons (Fsp3) is 0.312. The number of amides is 1. The number of thiazole rings is 1. The molecule has 0 unspecified atom stereocenters. The summed E-state index contributed by atoms with van der Waals surface area (Å²) in [5.41, 5.74) is -0.263. The highest BCUT2D eigenvalue weighted by Gasteiger charge is 2.19. The number of aromatic nitrogens is 3. The molecule has 0 saturated heterocycles. The van der Waals surface area contributed by atoms with Crippen molar-refractivity contribution in [3.63, 3.8) is 0 Å². The highest BCUT2D eigenvalue weighted by Crippen LogP contribution is 2.21. The zero-order valence-electron chi connectivity index (χ0n) is 13.9. The van der Waals surface area contributed by atoms with Crippen LogP contribution in [0.3, 0.4) is 0 Å². The number of thiophene rings is 1. The first-order chi connectivity index (χ1) is 12.6. The van der Waals surface area contributed by atoms with Crippen LogP contribution < -0.4 is 10.9 Å². The van der Waals surface area contributed by atoms with Gasteiger partial charge in [0.1, 0.15) is 11.4 Å². The van der Waals surface area contributed by atoms with Crippen molar-refractivity contribution >= 4 is 49.9 Å². The van der Waals surface area contributed by atoms with Gasteiger partial charge in [-0.2, -0.15) is 0 Å². The lowest BCUT2D eigenvalue weighted by Crippen LogP contribution is -2.28. The molecule has 1 N–H and O–H groups in total. The molecule has 3 aromatic rings. The van der Waals surface area contributed by atoms with E-state index in [9.17, 15) is 14.4 Å². The number of esters is 1. The minimum atomic E-state index is -0.548. The SMILES string of the molecule is CCCCOC(=O)c1csc2ncn(CC(=O)Nc3nccs3)c(=O)c12. The number of ether oxygens (including phenoxy) is 1. The summed E-state index contributed by atoms with van der Waals surface area (Å²) in [7, 11) is 0. The van der Waals surface area contributed by atoms with E-state index in [0.717, 1.165) is 12.8 Å². The largest absolute Gasteiger partial charge is 0.462 e. The summed E-state index contributed by atoms with van der Waals surface area (Å²) in [6.07, 6.45) is 4.53. The van der Waals surface area contributed by atoms with Crippen LogP contribution in [0, 0.1) is 0 Å². The number of hydrogen-bond donors (Lipinski definition) is 1. The summed E-state index contributed by atoms with van der Waals surface area (Å²) in [6, 6.07) is 0. The molecule has 0 saturated carbocycles. The lowest BCUT2D eigenvalue weighted by atomic mass is 10.2. The van der Waals surface area contributed by atoms with Gasteiger partial charge in [-0.1, -0.05) is 13.3 Å². The van der Waals surface area contributed by atoms with Gasteiger partial charge in [-0.15, -0.1) is 22.7 Å². The molecule has 0 aromatic carbocycles. The predicted molar refractivity (Wildman–Crippen MR) is 99.8 cm³/mol. The number of carbonyl (C=O) groups excluding carboxylic acids is 2. The summed E-state index contributed by atoms with van der Waals surface area (Å²) in [5.74, 6) is -0.945. The second kappa shape index (κ2) is 8.19. The third-order valence-electron chi connectivity index (χ3n) is 3.50. The molecule has 0 radical (unpaired) electrons. The van der Waals surface area contributed by atoms with E-state index in [2.05, 4.69) is 15.3 Å². The van der Waals surface area contributed by atoms with Gasteiger partial charge in [-0.3, -0.25) is 14.2 Å². The molecule has 0 fully saturated rings. The summed E-state index contributed by atoms with van der Waals surface area (Å²) in [4.78, 5) is 45.6. The monoisotopic (exact) mass is 392 g/mol. The molecule has 1 amide bonds. The van der Waals surface area contributed by atoms with Crippen LogP contribution >= 0.6 is 22.7 Å². The van der Waals surface area contributed by atoms with Crippen LogP contribution in [-0.2, 0) is 16.1 Å². The summed E-state index contributed by atoms with van der Waals surface area (Å²) in [6.45, 7) is 2.08. The molecule has 0 aliphatic carbocycles. The maximum Gasteiger partial charge on any atom is 0.339 e. The lowest BCUT2D eigenvalue weighted by molar-refractivity contribution is -0.116. The zero-order valence-corrected chi connectivity index (χ0v) is 15.6. The number of fused-ring (bicyclic) bond motifs is 1. The van der Waals surface area contributed by atoms with Gasteiger partial charge in [-0.05, 0) is 6.42 Å². The Hall–Kier alpha value is -2.59. The third-order valence-corrected chi connectivity index (χ3v) is 5.08. The van der Waals surface area contributed by atoms with Gasteiger partial charge >= 0.3 is 5.97 Å². The molecule has 8 nitrogen and oxygen atoms in total. The van der Waals surface area contributed by atoms with E-state index >= 15 is 0 Å². The normalized spacial score (nSPS) is 10.8. The predicted octanol–water partition coefficient (Wildman–Crippen LogP) is 2.51. The van der Waals surface area contributed by atoms with Gasteiger partial charge in [0.25, 0.3) is 5.56 Å². The molecule has 0 aliphatic heterocycles. The number of nitrogens with zero attached hydrogens (tertiary/aromatic N) is 3. The first-order valence-electron chi connectivity index (χ1n) is 7.93. The maximum absolute atomic E-state index is 12.7. The van der Waals surface area contributed by atoms with Crippen molar-refractivity contribution in [2.45, 2.75) is 26.3 Å². The van der Waals surface area contributed by atoms with Gasteiger partial charge < -0.3 is 10.1 Å². The van der Waals surface area contributed by atoms with Gasteiger partial charge in [-0.25, -0.2) is 14.8 Å². The Balaban J connectivity index is 1.83. The molecule has 0 spiro atoms. The highest BCUT2D eigenvalue weighted by molar-refractivity contribution is 7.17. The molecule has 0 atom stereocenters. The Bertz CT molecular complexity index is 978. The second-order valence-corrected chi connectivity index (χ2v) is 7.13. The Morgan fingerprint density at radius 3 is 2.88 bits per heavy atom. The van der Waals surface area contributed by atoms with Crippen LogP contribution in [-0.4, -0.2) is 33.0 Å². The van der Waals surface area contributed by atoms with Crippen LogP contribution in [0.15, 0.2) is 28.1 Å². The molecule has 136 valence electrons. The number of hydrogen-bond acceptors (Lipinski definition) is 8. The van der Waals surface area contributed by atoms with Gasteiger partial charge in [0.15, 0.2) is 5.13 Å². The second-order valence-electron chi connectivity index (χ2n) is 5.38. The fourth-order valence-corrected chi connectivity index (χ4v) is 3.63. The third kappa shape index (κ3) is 3.97. The summed E-state index contributed by atoms with van der Waals surface area (Å²) in [5, 5.41) is 6.53.